The standard InChI is InChI=1S/C12H21N3O2S/c1-6-17-10(16)7-18-12-14-13-11(8(2)3)15(12)9(4)5/h8-9H,6-7H2,1-5H3. The lowest BCUT2D eigenvalue weighted by Gasteiger charge is -2.15. The van der Waals surface area contributed by atoms with E-state index in [0.717, 1.165) is 11.0 Å². The normalized spacial score (nSPS) is 11.3. The van der Waals surface area contributed by atoms with E-state index in [4.69, 9.17) is 4.74 Å². The van der Waals surface area contributed by atoms with Crippen LogP contribution in [-0.4, -0.2) is 33.1 Å². The first-order valence-electron chi connectivity index (χ1n) is 6.20. The van der Waals surface area contributed by atoms with E-state index in [9.17, 15) is 4.79 Å². The molecule has 0 aliphatic rings. The summed E-state index contributed by atoms with van der Waals surface area (Å²) in [6.45, 7) is 10.6. The molecule has 0 N–H and O–H groups in total. The fraction of sp³-hybridized carbons (Fsp3) is 0.750. The highest BCUT2D eigenvalue weighted by Crippen LogP contribution is 2.25. The van der Waals surface area contributed by atoms with E-state index in [1.54, 1.807) is 6.92 Å². The Kier molecular flexibility index (Phi) is 5.65. The third kappa shape index (κ3) is 3.73. The Morgan fingerprint density at radius 1 is 1.33 bits per heavy atom. The maximum absolute atomic E-state index is 11.3. The van der Waals surface area contributed by atoms with Gasteiger partial charge in [-0.2, -0.15) is 0 Å². The van der Waals surface area contributed by atoms with Crippen molar-refractivity contribution in [1.29, 1.82) is 0 Å². The van der Waals surface area contributed by atoms with Gasteiger partial charge >= 0.3 is 5.97 Å². The summed E-state index contributed by atoms with van der Waals surface area (Å²) in [6, 6.07) is 0.280. The fourth-order valence-corrected chi connectivity index (χ4v) is 2.46. The van der Waals surface area contributed by atoms with Crippen molar-refractivity contribution in [3.8, 4) is 0 Å². The third-order valence-electron chi connectivity index (χ3n) is 2.35. The van der Waals surface area contributed by atoms with Crippen molar-refractivity contribution in [2.45, 2.75) is 51.7 Å². The quantitative estimate of drug-likeness (QED) is 0.588. The molecule has 0 saturated carbocycles. The lowest BCUT2D eigenvalue weighted by Crippen LogP contribution is -2.11. The lowest BCUT2D eigenvalue weighted by atomic mass is 10.2. The molecule has 0 aliphatic carbocycles. The number of hydrogen-bond acceptors (Lipinski definition) is 5. The number of hydrogen-bond donors (Lipinski definition) is 0. The fourth-order valence-electron chi connectivity index (χ4n) is 1.59. The van der Waals surface area contributed by atoms with Gasteiger partial charge in [0.25, 0.3) is 0 Å². The highest BCUT2D eigenvalue weighted by molar-refractivity contribution is 7.99. The number of nitrogens with zero attached hydrogens (tertiary/aromatic N) is 3. The molecule has 0 saturated heterocycles. The van der Waals surface area contributed by atoms with Crippen molar-refractivity contribution in [2.75, 3.05) is 12.4 Å². The summed E-state index contributed by atoms with van der Waals surface area (Å²) in [5, 5.41) is 9.14. The topological polar surface area (TPSA) is 57.0 Å². The molecule has 1 heterocycles. The lowest BCUT2D eigenvalue weighted by molar-refractivity contribution is -0.139. The van der Waals surface area contributed by atoms with E-state index in [1.807, 2.05) is 0 Å². The van der Waals surface area contributed by atoms with E-state index < -0.39 is 0 Å². The summed E-state index contributed by atoms with van der Waals surface area (Å²) in [7, 11) is 0. The zero-order valence-corrected chi connectivity index (χ0v) is 12.5. The molecular formula is C12H21N3O2S. The first-order valence-corrected chi connectivity index (χ1v) is 7.19. The van der Waals surface area contributed by atoms with E-state index in [0.29, 0.717) is 12.5 Å². The first-order chi connectivity index (χ1) is 8.47. The van der Waals surface area contributed by atoms with Gasteiger partial charge in [-0.25, -0.2) is 0 Å². The van der Waals surface area contributed by atoms with Crippen LogP contribution in [-0.2, 0) is 9.53 Å². The molecular weight excluding hydrogens is 250 g/mol. The second-order valence-electron chi connectivity index (χ2n) is 4.55. The molecule has 0 atom stereocenters. The van der Waals surface area contributed by atoms with Gasteiger partial charge in [-0.15, -0.1) is 10.2 Å². The van der Waals surface area contributed by atoms with Crippen LogP contribution in [0.4, 0.5) is 0 Å². The van der Waals surface area contributed by atoms with Gasteiger partial charge in [0.2, 0.25) is 0 Å². The molecule has 0 fully saturated rings. The summed E-state index contributed by atoms with van der Waals surface area (Å²) in [5.41, 5.74) is 0. The van der Waals surface area contributed by atoms with Crippen molar-refractivity contribution in [2.24, 2.45) is 0 Å². The smallest absolute Gasteiger partial charge is 0.316 e. The molecule has 0 aliphatic heterocycles. The third-order valence-corrected chi connectivity index (χ3v) is 3.26. The van der Waals surface area contributed by atoms with Crippen molar-refractivity contribution in [1.82, 2.24) is 14.8 Å². The zero-order chi connectivity index (χ0) is 13.7. The average molecular weight is 271 g/mol. The Hall–Kier alpha value is -1.04. The Morgan fingerprint density at radius 2 is 2.00 bits per heavy atom. The van der Waals surface area contributed by atoms with Crippen LogP contribution in [0.3, 0.4) is 0 Å². The second kappa shape index (κ2) is 6.78. The van der Waals surface area contributed by atoms with E-state index >= 15 is 0 Å². The van der Waals surface area contributed by atoms with Crippen molar-refractivity contribution < 1.29 is 9.53 Å². The van der Waals surface area contributed by atoms with Gasteiger partial charge in [0.1, 0.15) is 5.82 Å². The minimum atomic E-state index is -0.216. The predicted octanol–water partition coefficient (Wildman–Crippen LogP) is 2.64. The summed E-state index contributed by atoms with van der Waals surface area (Å²) in [4.78, 5) is 11.3. The number of carbonyl (C=O) groups is 1. The number of carbonyl (C=O) groups excluding carboxylic acids is 1. The molecule has 1 aromatic heterocycles. The first kappa shape index (κ1) is 15.0. The van der Waals surface area contributed by atoms with Gasteiger partial charge in [-0.1, -0.05) is 25.6 Å². The predicted molar refractivity (Wildman–Crippen MR) is 71.9 cm³/mol. The highest BCUT2D eigenvalue weighted by atomic mass is 32.2. The number of rotatable bonds is 6. The summed E-state index contributed by atoms with van der Waals surface area (Å²) < 4.78 is 6.98. The Bertz CT molecular complexity index is 402. The molecule has 0 unspecified atom stereocenters. The average Bonchev–Trinajstić information content (AvgIpc) is 2.70. The summed E-state index contributed by atoms with van der Waals surface area (Å²) in [5.74, 6) is 1.33. The van der Waals surface area contributed by atoms with Crippen LogP contribution in [0.1, 0.15) is 52.4 Å². The van der Waals surface area contributed by atoms with Crippen LogP contribution >= 0.6 is 11.8 Å². The van der Waals surface area contributed by atoms with Gasteiger partial charge in [-0.3, -0.25) is 4.79 Å². The molecule has 1 rings (SSSR count). The monoisotopic (exact) mass is 271 g/mol. The van der Waals surface area contributed by atoms with Crippen LogP contribution in [0.5, 0.6) is 0 Å². The minimum Gasteiger partial charge on any atom is -0.465 e. The number of esters is 1. The van der Waals surface area contributed by atoms with Gasteiger partial charge in [0.15, 0.2) is 5.16 Å². The van der Waals surface area contributed by atoms with Crippen molar-refractivity contribution >= 4 is 17.7 Å². The maximum Gasteiger partial charge on any atom is 0.316 e. The molecule has 0 spiro atoms. The largest absolute Gasteiger partial charge is 0.465 e. The molecule has 0 bridgehead atoms. The Morgan fingerprint density at radius 3 is 2.50 bits per heavy atom. The molecule has 18 heavy (non-hydrogen) atoms. The zero-order valence-electron chi connectivity index (χ0n) is 11.6. The van der Waals surface area contributed by atoms with Crippen LogP contribution in [0.15, 0.2) is 5.16 Å². The van der Waals surface area contributed by atoms with Crippen molar-refractivity contribution in [3.05, 3.63) is 5.82 Å². The van der Waals surface area contributed by atoms with Gasteiger partial charge < -0.3 is 9.30 Å². The van der Waals surface area contributed by atoms with E-state index in [2.05, 4.69) is 42.5 Å². The molecule has 0 aromatic carbocycles. The SMILES string of the molecule is CCOC(=O)CSc1nnc(C(C)C)n1C(C)C. The summed E-state index contributed by atoms with van der Waals surface area (Å²) >= 11 is 1.38. The molecule has 6 heteroatoms. The van der Waals surface area contributed by atoms with Gasteiger partial charge in [0, 0.05) is 12.0 Å². The van der Waals surface area contributed by atoms with E-state index in [-0.39, 0.29) is 17.8 Å². The second-order valence-corrected chi connectivity index (χ2v) is 5.50. The van der Waals surface area contributed by atoms with Crippen LogP contribution in [0, 0.1) is 0 Å². The molecule has 0 amide bonds. The molecule has 5 nitrogen and oxygen atoms in total. The van der Waals surface area contributed by atoms with Crippen LogP contribution < -0.4 is 0 Å². The number of ether oxygens (including phenoxy) is 1. The van der Waals surface area contributed by atoms with Gasteiger partial charge in [0.05, 0.1) is 12.4 Å². The Balaban J connectivity index is 2.80. The number of aromatic nitrogens is 3. The highest BCUT2D eigenvalue weighted by Gasteiger charge is 2.18. The van der Waals surface area contributed by atoms with Gasteiger partial charge in [-0.05, 0) is 20.8 Å². The van der Waals surface area contributed by atoms with Crippen molar-refractivity contribution in [3.63, 3.8) is 0 Å². The maximum atomic E-state index is 11.3. The molecule has 1 aromatic rings. The summed E-state index contributed by atoms with van der Waals surface area (Å²) in [6.07, 6.45) is 0. The Labute approximate surface area is 112 Å². The molecule has 102 valence electrons. The molecule has 0 radical (unpaired) electrons. The number of thioether (sulfide) groups is 1. The van der Waals surface area contributed by atoms with Crippen LogP contribution in [0.25, 0.3) is 0 Å². The minimum absolute atomic E-state index is 0.216. The van der Waals surface area contributed by atoms with Crippen LogP contribution in [0.2, 0.25) is 0 Å². The van der Waals surface area contributed by atoms with E-state index in [1.165, 1.54) is 11.8 Å².